The molecule has 0 bridgehead atoms. The van der Waals surface area contributed by atoms with Crippen LogP contribution in [0.2, 0.25) is 0 Å². The van der Waals surface area contributed by atoms with E-state index in [0.29, 0.717) is 12.5 Å². The van der Waals surface area contributed by atoms with Crippen molar-refractivity contribution in [2.24, 2.45) is 0 Å². The number of hydrogen-bond acceptors (Lipinski definition) is 2. The van der Waals surface area contributed by atoms with Gasteiger partial charge in [0.15, 0.2) is 0 Å². The Hall–Kier alpha value is -2.13. The zero-order valence-corrected chi connectivity index (χ0v) is 12.4. The first-order valence-corrected chi connectivity index (χ1v) is 7.36. The van der Waals surface area contributed by atoms with Crippen LogP contribution in [-0.4, -0.2) is 19.0 Å². The smallest absolute Gasteiger partial charge is 0.238 e. The van der Waals surface area contributed by atoms with E-state index >= 15 is 0 Å². The van der Waals surface area contributed by atoms with Crippen LogP contribution in [0.1, 0.15) is 24.8 Å². The van der Waals surface area contributed by atoms with E-state index in [4.69, 9.17) is 0 Å². The fourth-order valence-electron chi connectivity index (χ4n) is 2.20. The van der Waals surface area contributed by atoms with Crippen LogP contribution in [0.5, 0.6) is 0 Å². The molecule has 2 aromatic carbocycles. The lowest BCUT2D eigenvalue weighted by Crippen LogP contribution is -2.29. The van der Waals surface area contributed by atoms with Crippen LogP contribution >= 0.6 is 0 Å². The number of para-hydroxylation sites is 1. The van der Waals surface area contributed by atoms with Crippen molar-refractivity contribution in [2.75, 3.05) is 18.4 Å². The highest BCUT2D eigenvalue weighted by Gasteiger charge is 2.05. The van der Waals surface area contributed by atoms with Crippen molar-refractivity contribution in [3.63, 3.8) is 0 Å². The summed E-state index contributed by atoms with van der Waals surface area (Å²) in [6, 6.07) is 20.0. The largest absolute Gasteiger partial charge is 0.325 e. The monoisotopic (exact) mass is 282 g/mol. The minimum absolute atomic E-state index is 0.00596. The molecular formula is C18H22N2O. The molecule has 0 radical (unpaired) electrons. The number of carbonyl (C=O) groups excluding carboxylic acids is 1. The molecule has 0 heterocycles. The SMILES string of the molecule is CC(CCNCC(=O)Nc1ccccc1)c1ccccc1. The standard InChI is InChI=1S/C18H22N2O/c1-15(16-8-4-2-5-9-16)12-13-19-14-18(21)20-17-10-6-3-7-11-17/h2-11,15,19H,12-14H2,1H3,(H,20,21). The van der Waals surface area contributed by atoms with Gasteiger partial charge < -0.3 is 10.6 Å². The van der Waals surface area contributed by atoms with Crippen LogP contribution < -0.4 is 10.6 Å². The van der Waals surface area contributed by atoms with Gasteiger partial charge in [0.25, 0.3) is 0 Å². The third-order valence-corrected chi connectivity index (χ3v) is 3.47. The van der Waals surface area contributed by atoms with Gasteiger partial charge in [-0.25, -0.2) is 0 Å². The van der Waals surface area contributed by atoms with Crippen LogP contribution in [0, 0.1) is 0 Å². The molecule has 1 amide bonds. The van der Waals surface area contributed by atoms with Gasteiger partial charge in [-0.1, -0.05) is 55.5 Å². The van der Waals surface area contributed by atoms with Gasteiger partial charge >= 0.3 is 0 Å². The normalized spacial score (nSPS) is 11.9. The Morgan fingerprint density at radius 2 is 1.62 bits per heavy atom. The zero-order chi connectivity index (χ0) is 14.9. The van der Waals surface area contributed by atoms with Gasteiger partial charge in [0.2, 0.25) is 5.91 Å². The molecule has 3 heteroatoms. The van der Waals surface area contributed by atoms with Crippen molar-refractivity contribution in [3.8, 4) is 0 Å². The fraction of sp³-hybridized carbons (Fsp3) is 0.278. The van der Waals surface area contributed by atoms with Gasteiger partial charge in [0.05, 0.1) is 6.54 Å². The van der Waals surface area contributed by atoms with E-state index in [1.165, 1.54) is 5.56 Å². The van der Waals surface area contributed by atoms with Crippen molar-refractivity contribution < 1.29 is 4.79 Å². The summed E-state index contributed by atoms with van der Waals surface area (Å²) in [5, 5.41) is 6.05. The Balaban J connectivity index is 1.64. The molecule has 0 spiro atoms. The maximum atomic E-state index is 11.8. The third kappa shape index (κ3) is 5.40. The summed E-state index contributed by atoms with van der Waals surface area (Å²) >= 11 is 0. The first-order chi connectivity index (χ1) is 10.3. The van der Waals surface area contributed by atoms with Crippen LogP contribution in [0.25, 0.3) is 0 Å². The number of carbonyl (C=O) groups is 1. The van der Waals surface area contributed by atoms with E-state index < -0.39 is 0 Å². The highest BCUT2D eigenvalue weighted by molar-refractivity contribution is 5.92. The third-order valence-electron chi connectivity index (χ3n) is 3.47. The molecule has 0 aliphatic heterocycles. The van der Waals surface area contributed by atoms with Crippen LogP contribution in [0.15, 0.2) is 60.7 Å². The minimum atomic E-state index is -0.00596. The second-order valence-electron chi connectivity index (χ2n) is 5.19. The van der Waals surface area contributed by atoms with E-state index in [-0.39, 0.29) is 5.91 Å². The number of hydrogen-bond donors (Lipinski definition) is 2. The van der Waals surface area contributed by atoms with Crippen molar-refractivity contribution in [3.05, 3.63) is 66.2 Å². The van der Waals surface area contributed by atoms with E-state index in [2.05, 4.69) is 41.8 Å². The molecule has 21 heavy (non-hydrogen) atoms. The Labute approximate surface area is 126 Å². The summed E-state index contributed by atoms with van der Waals surface area (Å²) in [5.74, 6) is 0.490. The van der Waals surface area contributed by atoms with Gasteiger partial charge in [0, 0.05) is 5.69 Å². The van der Waals surface area contributed by atoms with Gasteiger partial charge in [-0.2, -0.15) is 0 Å². The molecule has 0 saturated carbocycles. The number of anilines is 1. The topological polar surface area (TPSA) is 41.1 Å². The van der Waals surface area contributed by atoms with Crippen LogP contribution in [-0.2, 0) is 4.79 Å². The molecule has 1 atom stereocenters. The van der Waals surface area contributed by atoms with Crippen molar-refractivity contribution in [2.45, 2.75) is 19.3 Å². The molecule has 110 valence electrons. The minimum Gasteiger partial charge on any atom is -0.325 e. The molecule has 0 aliphatic rings. The number of nitrogens with one attached hydrogen (secondary N) is 2. The van der Waals surface area contributed by atoms with Crippen molar-refractivity contribution in [1.29, 1.82) is 0 Å². The fourth-order valence-corrected chi connectivity index (χ4v) is 2.20. The van der Waals surface area contributed by atoms with Gasteiger partial charge in [-0.15, -0.1) is 0 Å². The van der Waals surface area contributed by atoms with E-state index in [1.807, 2.05) is 36.4 Å². The summed E-state index contributed by atoms with van der Waals surface area (Å²) in [4.78, 5) is 11.8. The zero-order valence-electron chi connectivity index (χ0n) is 12.4. The average Bonchev–Trinajstić information content (AvgIpc) is 2.53. The second-order valence-corrected chi connectivity index (χ2v) is 5.19. The Bertz CT molecular complexity index is 540. The molecule has 2 aromatic rings. The summed E-state index contributed by atoms with van der Waals surface area (Å²) in [6.45, 7) is 3.38. The second kappa shape index (κ2) is 8.22. The molecule has 1 unspecified atom stereocenters. The first kappa shape index (κ1) is 15.3. The summed E-state index contributed by atoms with van der Waals surface area (Å²) in [6.07, 6.45) is 1.02. The molecule has 0 fully saturated rings. The first-order valence-electron chi connectivity index (χ1n) is 7.36. The number of rotatable bonds is 7. The van der Waals surface area contributed by atoms with Crippen LogP contribution in [0.3, 0.4) is 0 Å². The van der Waals surface area contributed by atoms with E-state index in [0.717, 1.165) is 18.7 Å². The van der Waals surface area contributed by atoms with E-state index in [9.17, 15) is 4.79 Å². The molecule has 3 nitrogen and oxygen atoms in total. The maximum absolute atomic E-state index is 11.8. The summed E-state index contributed by atoms with van der Waals surface area (Å²) in [5.41, 5.74) is 2.18. The van der Waals surface area contributed by atoms with Gasteiger partial charge in [-0.05, 0) is 36.6 Å². The number of benzene rings is 2. The molecule has 2 N–H and O–H groups in total. The predicted molar refractivity (Wildman–Crippen MR) is 87.4 cm³/mol. The summed E-state index contributed by atoms with van der Waals surface area (Å²) < 4.78 is 0. The molecule has 0 saturated heterocycles. The highest BCUT2D eigenvalue weighted by Crippen LogP contribution is 2.17. The quantitative estimate of drug-likeness (QED) is 0.764. The molecule has 0 aliphatic carbocycles. The van der Waals surface area contributed by atoms with Crippen LogP contribution in [0.4, 0.5) is 5.69 Å². The van der Waals surface area contributed by atoms with Gasteiger partial charge in [-0.3, -0.25) is 4.79 Å². The Morgan fingerprint density at radius 3 is 2.29 bits per heavy atom. The maximum Gasteiger partial charge on any atom is 0.238 e. The lowest BCUT2D eigenvalue weighted by atomic mass is 9.98. The predicted octanol–water partition coefficient (Wildman–Crippen LogP) is 3.41. The Morgan fingerprint density at radius 1 is 1.00 bits per heavy atom. The van der Waals surface area contributed by atoms with Gasteiger partial charge in [0.1, 0.15) is 0 Å². The molecule has 0 aromatic heterocycles. The van der Waals surface area contributed by atoms with E-state index in [1.54, 1.807) is 0 Å². The van der Waals surface area contributed by atoms with Crippen molar-refractivity contribution in [1.82, 2.24) is 5.32 Å². The lowest BCUT2D eigenvalue weighted by Gasteiger charge is -2.12. The number of amides is 1. The van der Waals surface area contributed by atoms with Crippen molar-refractivity contribution >= 4 is 11.6 Å². The molecule has 2 rings (SSSR count). The molecular weight excluding hydrogens is 260 g/mol. The highest BCUT2D eigenvalue weighted by atomic mass is 16.1. The Kier molecular flexibility index (Phi) is 5.98. The summed E-state index contributed by atoms with van der Waals surface area (Å²) in [7, 11) is 0. The average molecular weight is 282 g/mol. The lowest BCUT2D eigenvalue weighted by molar-refractivity contribution is -0.115.